The summed E-state index contributed by atoms with van der Waals surface area (Å²) in [4.78, 5) is 30.9. The first-order valence-electron chi connectivity index (χ1n) is 12.9. The molecule has 1 N–H and O–H groups in total. The Morgan fingerprint density at radius 2 is 1.88 bits per heavy atom. The third-order valence-corrected chi connectivity index (χ3v) is 7.29. The van der Waals surface area contributed by atoms with Crippen molar-refractivity contribution < 1.29 is 23.1 Å². The summed E-state index contributed by atoms with van der Waals surface area (Å²) in [5, 5.41) is 2.02. The fourth-order valence-electron chi connectivity index (χ4n) is 4.93. The first-order valence-corrected chi connectivity index (χ1v) is 13.3. The van der Waals surface area contributed by atoms with Crippen LogP contribution >= 0.6 is 11.6 Å². The van der Waals surface area contributed by atoms with Gasteiger partial charge in [0.1, 0.15) is 23.2 Å². The smallest absolute Gasteiger partial charge is 0.228 e. The van der Waals surface area contributed by atoms with E-state index in [1.165, 1.54) is 11.1 Å². The number of hydrogen-bond donors (Lipinski definition) is 1. The number of imidazole rings is 1. The van der Waals surface area contributed by atoms with Crippen molar-refractivity contribution in [1.29, 1.82) is 0 Å². The lowest BCUT2D eigenvalue weighted by molar-refractivity contribution is -0.125. The first kappa shape index (κ1) is 28.3. The molecule has 0 fully saturated rings. The molecule has 0 unspecified atom stereocenters. The molecule has 2 amide bonds. The Balaban J connectivity index is 1.21. The lowest BCUT2D eigenvalue weighted by atomic mass is 10.1. The average Bonchev–Trinajstić information content (AvgIpc) is 3.52. The van der Waals surface area contributed by atoms with Gasteiger partial charge < -0.3 is 14.2 Å². The molecule has 212 valence electrons. The van der Waals surface area contributed by atoms with Crippen molar-refractivity contribution in [2.75, 3.05) is 18.5 Å². The predicted octanol–water partition coefficient (Wildman–Crippen LogP) is 5.43. The van der Waals surface area contributed by atoms with Gasteiger partial charge in [0.2, 0.25) is 12.3 Å². The zero-order valence-corrected chi connectivity index (χ0v) is 23.3. The van der Waals surface area contributed by atoms with E-state index in [1.54, 1.807) is 18.3 Å². The van der Waals surface area contributed by atoms with Crippen LogP contribution in [0.5, 0.6) is 11.5 Å². The third kappa shape index (κ3) is 6.39. The number of imide groups is 1. The highest BCUT2D eigenvalue weighted by molar-refractivity contribution is 6.32. The molecule has 0 radical (unpaired) electrons. The van der Waals surface area contributed by atoms with Crippen molar-refractivity contribution >= 4 is 29.7 Å². The number of carbonyl (C=O) groups excluding carboxylic acids is 2. The fraction of sp³-hybridized carbons (Fsp3) is 0.233. The maximum atomic E-state index is 14.1. The number of ether oxygens (including phenoxy) is 1. The summed E-state index contributed by atoms with van der Waals surface area (Å²) in [7, 11) is 3.81. The van der Waals surface area contributed by atoms with Gasteiger partial charge in [-0.1, -0.05) is 35.9 Å². The molecule has 3 aromatic carbocycles. The normalized spacial score (nSPS) is 12.7. The molecule has 4 aromatic rings. The van der Waals surface area contributed by atoms with Crippen molar-refractivity contribution in [3.8, 4) is 22.9 Å². The number of fused-ring (bicyclic) bond motifs is 1. The topological polar surface area (TPSA) is 79.7 Å². The number of aromatic nitrogens is 2. The zero-order chi connectivity index (χ0) is 29.1. The maximum absolute atomic E-state index is 14.1. The van der Waals surface area contributed by atoms with E-state index in [0.29, 0.717) is 25.2 Å². The van der Waals surface area contributed by atoms with E-state index in [4.69, 9.17) is 16.3 Å². The number of nitrogens with one attached hydrogen (secondary N) is 1. The largest absolute Gasteiger partial charge is 0.453 e. The monoisotopic (exact) mass is 579 g/mol. The van der Waals surface area contributed by atoms with Crippen LogP contribution < -0.4 is 15.0 Å². The van der Waals surface area contributed by atoms with Crippen LogP contribution in [0.1, 0.15) is 23.1 Å². The van der Waals surface area contributed by atoms with Gasteiger partial charge in [-0.15, -0.1) is 0 Å². The van der Waals surface area contributed by atoms with Crippen LogP contribution in [0.3, 0.4) is 0 Å². The Morgan fingerprint density at radius 3 is 2.61 bits per heavy atom. The second-order valence-electron chi connectivity index (χ2n) is 9.93. The molecule has 5 rings (SSSR count). The van der Waals surface area contributed by atoms with Crippen molar-refractivity contribution in [3.05, 3.63) is 94.1 Å². The van der Waals surface area contributed by atoms with Crippen LogP contribution in [0.4, 0.5) is 14.6 Å². The van der Waals surface area contributed by atoms with Gasteiger partial charge in [-0.3, -0.25) is 19.8 Å². The van der Waals surface area contributed by atoms with E-state index in [9.17, 15) is 18.4 Å². The number of nitrogens with zero attached hydrogens (tertiary/aromatic N) is 4. The van der Waals surface area contributed by atoms with Crippen molar-refractivity contribution in [2.24, 2.45) is 7.05 Å². The molecule has 0 saturated heterocycles. The van der Waals surface area contributed by atoms with Crippen LogP contribution in [0.2, 0.25) is 5.02 Å². The quantitative estimate of drug-likeness (QED) is 0.253. The molecular formula is C30H28ClF2N5O3. The van der Waals surface area contributed by atoms with Gasteiger partial charge in [0, 0.05) is 58.3 Å². The van der Waals surface area contributed by atoms with Gasteiger partial charge in [-0.2, -0.15) is 0 Å². The second kappa shape index (κ2) is 12.1. The summed E-state index contributed by atoms with van der Waals surface area (Å²) >= 11 is 5.94. The van der Waals surface area contributed by atoms with Crippen LogP contribution in [0.15, 0.2) is 60.8 Å². The summed E-state index contributed by atoms with van der Waals surface area (Å²) in [6.07, 6.45) is 2.36. The molecule has 41 heavy (non-hydrogen) atoms. The Labute approximate surface area is 241 Å². The molecule has 0 saturated carbocycles. The van der Waals surface area contributed by atoms with Gasteiger partial charge in [0.15, 0.2) is 11.6 Å². The fourth-order valence-corrected chi connectivity index (χ4v) is 5.16. The summed E-state index contributed by atoms with van der Waals surface area (Å²) in [6, 6.07) is 15.4. The maximum Gasteiger partial charge on any atom is 0.228 e. The summed E-state index contributed by atoms with van der Waals surface area (Å²) in [5.74, 6) is -0.0767. The van der Waals surface area contributed by atoms with Crippen LogP contribution in [-0.4, -0.2) is 40.4 Å². The van der Waals surface area contributed by atoms with Gasteiger partial charge in [-0.25, -0.2) is 13.8 Å². The minimum atomic E-state index is -0.859. The van der Waals surface area contributed by atoms with Gasteiger partial charge in [0.05, 0.1) is 11.2 Å². The van der Waals surface area contributed by atoms with Crippen LogP contribution in [0, 0.1) is 11.6 Å². The first-order chi connectivity index (χ1) is 19.7. The average molecular weight is 580 g/mol. The SMILES string of the molecule is CN(CCC(=O)NC=O)c1cnc(-c2ccc3c(c2)CN(Cc2ccc(Oc4c(F)cc(F)cc4Cl)cc2)C3)n1C. The second-order valence-corrected chi connectivity index (χ2v) is 10.3. The highest BCUT2D eigenvalue weighted by Crippen LogP contribution is 2.34. The zero-order valence-electron chi connectivity index (χ0n) is 22.5. The van der Waals surface area contributed by atoms with Crippen molar-refractivity contribution in [2.45, 2.75) is 26.1 Å². The van der Waals surface area contributed by atoms with E-state index in [0.717, 1.165) is 48.0 Å². The molecule has 0 atom stereocenters. The molecule has 11 heteroatoms. The Morgan fingerprint density at radius 1 is 1.12 bits per heavy atom. The molecular weight excluding hydrogens is 552 g/mol. The predicted molar refractivity (Wildman–Crippen MR) is 152 cm³/mol. The van der Waals surface area contributed by atoms with Gasteiger partial charge in [0.25, 0.3) is 0 Å². The minimum absolute atomic E-state index is 0.130. The lowest BCUT2D eigenvalue weighted by Crippen LogP contribution is -2.28. The summed E-state index contributed by atoms with van der Waals surface area (Å²) in [6.45, 7) is 2.75. The number of halogens is 3. The number of anilines is 1. The molecule has 1 aliphatic rings. The van der Waals surface area contributed by atoms with Crippen LogP contribution in [-0.2, 0) is 36.3 Å². The minimum Gasteiger partial charge on any atom is -0.453 e. The number of amides is 2. The van der Waals surface area contributed by atoms with E-state index in [1.807, 2.05) is 35.7 Å². The number of hydrogen-bond acceptors (Lipinski definition) is 6. The molecule has 8 nitrogen and oxygen atoms in total. The number of carbonyl (C=O) groups is 2. The van der Waals surface area contributed by atoms with E-state index >= 15 is 0 Å². The third-order valence-electron chi connectivity index (χ3n) is 7.01. The highest BCUT2D eigenvalue weighted by atomic mass is 35.5. The van der Waals surface area contributed by atoms with Crippen molar-refractivity contribution in [1.82, 2.24) is 19.8 Å². The lowest BCUT2D eigenvalue weighted by Gasteiger charge is -2.19. The Kier molecular flexibility index (Phi) is 8.32. The molecule has 1 aliphatic heterocycles. The molecule has 1 aromatic heterocycles. The Hall–Kier alpha value is -4.28. The van der Waals surface area contributed by atoms with E-state index in [2.05, 4.69) is 33.4 Å². The summed E-state index contributed by atoms with van der Waals surface area (Å²) < 4.78 is 34.9. The molecule has 0 bridgehead atoms. The standard InChI is InChI=1S/C30H28ClF2N5O3/c1-36(10-9-27(40)35-18-39)28-14-34-30(37(28)2)20-5-6-21-16-38(17-22(21)11-20)15-19-3-7-24(8-4-19)41-29-25(31)12-23(32)13-26(29)33/h3-8,11-14,18H,9-10,15-17H2,1-2H3,(H,35,39,40). The van der Waals surface area contributed by atoms with Gasteiger partial charge in [-0.05, 0) is 41.0 Å². The summed E-state index contributed by atoms with van der Waals surface area (Å²) in [5.41, 5.74) is 4.55. The molecule has 2 heterocycles. The molecule has 0 aliphatic carbocycles. The van der Waals surface area contributed by atoms with Crippen LogP contribution in [0.25, 0.3) is 11.4 Å². The highest BCUT2D eigenvalue weighted by Gasteiger charge is 2.21. The Bertz CT molecular complexity index is 1570. The van der Waals surface area contributed by atoms with E-state index < -0.39 is 11.6 Å². The van der Waals surface area contributed by atoms with Gasteiger partial charge >= 0.3 is 0 Å². The number of benzene rings is 3. The van der Waals surface area contributed by atoms with E-state index in [-0.39, 0.29) is 23.1 Å². The molecule has 0 spiro atoms. The van der Waals surface area contributed by atoms with Crippen molar-refractivity contribution in [3.63, 3.8) is 0 Å². The number of rotatable bonds is 10.